The molecule has 0 spiro atoms. The van der Waals surface area contributed by atoms with Crippen LogP contribution in [0.1, 0.15) is 37.8 Å². The van der Waals surface area contributed by atoms with E-state index in [1.165, 1.54) is 25.7 Å². The number of ether oxygens (including phenoxy) is 2. The molecule has 0 aromatic carbocycles. The summed E-state index contributed by atoms with van der Waals surface area (Å²) in [5.41, 5.74) is 1.36. The van der Waals surface area contributed by atoms with Gasteiger partial charge in [0.25, 0.3) is 0 Å². The van der Waals surface area contributed by atoms with Gasteiger partial charge in [0.2, 0.25) is 0 Å². The fourth-order valence-corrected chi connectivity index (χ4v) is 4.16. The van der Waals surface area contributed by atoms with Crippen LogP contribution < -0.4 is 0 Å². The molecule has 2 unspecified atom stereocenters. The monoisotopic (exact) mass is 544 g/mol. The summed E-state index contributed by atoms with van der Waals surface area (Å²) < 4.78 is 75.7. The van der Waals surface area contributed by atoms with E-state index in [2.05, 4.69) is 22.0 Å². The van der Waals surface area contributed by atoms with E-state index in [0.717, 1.165) is 57.5 Å². The van der Waals surface area contributed by atoms with Crippen LogP contribution in [0.3, 0.4) is 0 Å². The van der Waals surface area contributed by atoms with Gasteiger partial charge in [0, 0.05) is 44.5 Å². The van der Waals surface area contributed by atoms with Crippen LogP contribution in [0, 0.1) is 11.3 Å². The molecule has 0 radical (unpaired) electrons. The second-order valence-corrected chi connectivity index (χ2v) is 9.21. The summed E-state index contributed by atoms with van der Waals surface area (Å²) >= 11 is 0. The Kier molecular flexibility index (Phi) is 11.1. The zero-order chi connectivity index (χ0) is 27.7. The number of hydrogen-bond donors (Lipinski definition) is 2. The van der Waals surface area contributed by atoms with Crippen molar-refractivity contribution in [3.63, 3.8) is 0 Å². The lowest BCUT2D eigenvalue weighted by Gasteiger charge is -2.50. The third-order valence-corrected chi connectivity index (χ3v) is 6.10. The molecule has 0 bridgehead atoms. The van der Waals surface area contributed by atoms with Crippen molar-refractivity contribution in [2.45, 2.75) is 57.1 Å². The van der Waals surface area contributed by atoms with Gasteiger partial charge in [0.05, 0.1) is 18.4 Å². The maximum Gasteiger partial charge on any atom is 0.490 e. The summed E-state index contributed by atoms with van der Waals surface area (Å²) in [6, 6.07) is 6.19. The van der Waals surface area contributed by atoms with Crippen LogP contribution in [0.2, 0.25) is 0 Å². The summed E-state index contributed by atoms with van der Waals surface area (Å²) in [6.45, 7) is 5.87. The van der Waals surface area contributed by atoms with Crippen LogP contribution in [0.5, 0.6) is 0 Å². The lowest BCUT2D eigenvalue weighted by Crippen LogP contribution is -2.56. The predicted molar refractivity (Wildman–Crippen MR) is 116 cm³/mol. The van der Waals surface area contributed by atoms with Crippen LogP contribution in [-0.4, -0.2) is 83.4 Å². The van der Waals surface area contributed by atoms with Gasteiger partial charge < -0.3 is 19.7 Å². The van der Waals surface area contributed by atoms with Crippen molar-refractivity contribution < 1.29 is 55.6 Å². The second-order valence-electron chi connectivity index (χ2n) is 9.21. The van der Waals surface area contributed by atoms with Crippen LogP contribution in [0.4, 0.5) is 26.3 Å². The van der Waals surface area contributed by atoms with Crippen molar-refractivity contribution >= 4 is 11.9 Å². The van der Waals surface area contributed by atoms with Gasteiger partial charge in [-0.05, 0) is 50.2 Å². The Balaban J connectivity index is 0.000000286. The molecule has 2 N–H and O–H groups in total. The molecule has 14 heteroatoms. The molecule has 1 aromatic heterocycles. The van der Waals surface area contributed by atoms with Crippen molar-refractivity contribution in [2.24, 2.45) is 11.3 Å². The molecule has 3 heterocycles. The summed E-state index contributed by atoms with van der Waals surface area (Å²) in [5, 5.41) is 14.2. The first-order chi connectivity index (χ1) is 17.2. The number of piperidine rings is 1. The van der Waals surface area contributed by atoms with E-state index < -0.39 is 24.3 Å². The minimum Gasteiger partial charge on any atom is -0.475 e. The molecule has 2 aliphatic heterocycles. The van der Waals surface area contributed by atoms with Crippen LogP contribution in [0.25, 0.3) is 0 Å². The molecule has 1 saturated carbocycles. The molecule has 4 rings (SSSR count). The predicted octanol–water partition coefficient (Wildman–Crippen LogP) is 4.15. The van der Waals surface area contributed by atoms with Gasteiger partial charge in [0.15, 0.2) is 0 Å². The number of hydrogen-bond acceptors (Lipinski definition) is 6. The van der Waals surface area contributed by atoms with Gasteiger partial charge in [-0.2, -0.15) is 26.3 Å². The third-order valence-electron chi connectivity index (χ3n) is 6.10. The fourth-order valence-electron chi connectivity index (χ4n) is 4.16. The quantitative estimate of drug-likeness (QED) is 0.515. The Morgan fingerprint density at radius 3 is 2.22 bits per heavy atom. The molecule has 1 aliphatic carbocycles. The minimum absolute atomic E-state index is 0.195. The Labute approximate surface area is 209 Å². The van der Waals surface area contributed by atoms with Gasteiger partial charge in [-0.25, -0.2) is 9.59 Å². The number of likely N-dealkylation sites (tertiary alicyclic amines) is 1. The van der Waals surface area contributed by atoms with E-state index in [-0.39, 0.29) is 5.41 Å². The van der Waals surface area contributed by atoms with E-state index in [1.54, 1.807) is 0 Å². The molecule has 37 heavy (non-hydrogen) atoms. The molecule has 3 fully saturated rings. The first kappa shape index (κ1) is 30.8. The topological polar surface area (TPSA) is 109 Å². The van der Waals surface area contributed by atoms with Gasteiger partial charge in [-0.1, -0.05) is 6.07 Å². The van der Waals surface area contributed by atoms with E-state index in [4.69, 9.17) is 29.3 Å². The largest absolute Gasteiger partial charge is 0.490 e. The average molecular weight is 544 g/mol. The van der Waals surface area contributed by atoms with Gasteiger partial charge in [0.1, 0.15) is 0 Å². The van der Waals surface area contributed by atoms with E-state index in [0.29, 0.717) is 6.10 Å². The smallest absolute Gasteiger partial charge is 0.475 e. The highest BCUT2D eigenvalue weighted by Crippen LogP contribution is 2.41. The second kappa shape index (κ2) is 13.4. The van der Waals surface area contributed by atoms with Crippen molar-refractivity contribution in [2.75, 3.05) is 32.9 Å². The molecule has 2 saturated heterocycles. The highest BCUT2D eigenvalue weighted by molar-refractivity contribution is 5.73. The molecule has 1 aromatic rings. The summed E-state index contributed by atoms with van der Waals surface area (Å²) in [6.07, 6.45) is -1.64. The number of carboxylic acids is 2. The standard InChI is InChI=1S/C19H28N2O2.2C2HF3O2/c1-2-9-20-17(4-1)12-21-10-7-18-19(14-21,8-3-11-23-18)15-22-13-16-5-6-16;2*3-2(4,5)1(6)7/h1-2,4,9,16,18H,3,5-8,10-15H2;2*(H,6,7). The molecule has 0 amide bonds. The summed E-state index contributed by atoms with van der Waals surface area (Å²) in [4.78, 5) is 24.8. The molecule has 3 aliphatic rings. The van der Waals surface area contributed by atoms with Crippen molar-refractivity contribution in [1.82, 2.24) is 9.88 Å². The normalized spacial score (nSPS) is 24.0. The number of fused-ring (bicyclic) bond motifs is 1. The number of carbonyl (C=O) groups is 2. The Bertz CT molecular complexity index is 842. The highest BCUT2D eigenvalue weighted by atomic mass is 19.4. The van der Waals surface area contributed by atoms with Gasteiger partial charge >= 0.3 is 24.3 Å². The Morgan fingerprint density at radius 1 is 1.08 bits per heavy atom. The van der Waals surface area contributed by atoms with Crippen LogP contribution in [0.15, 0.2) is 24.4 Å². The van der Waals surface area contributed by atoms with E-state index in [9.17, 15) is 26.3 Å². The van der Waals surface area contributed by atoms with Crippen LogP contribution >= 0.6 is 0 Å². The first-order valence-corrected chi connectivity index (χ1v) is 11.6. The number of halogens is 6. The lowest BCUT2D eigenvalue weighted by atomic mass is 9.73. The van der Waals surface area contributed by atoms with Crippen molar-refractivity contribution in [3.05, 3.63) is 30.1 Å². The maximum absolute atomic E-state index is 10.6. The molecule has 210 valence electrons. The number of nitrogens with zero attached hydrogens (tertiary/aromatic N) is 2. The van der Waals surface area contributed by atoms with Crippen molar-refractivity contribution in [3.8, 4) is 0 Å². The maximum atomic E-state index is 10.6. The molecular weight excluding hydrogens is 514 g/mol. The summed E-state index contributed by atoms with van der Waals surface area (Å²) in [7, 11) is 0. The van der Waals surface area contributed by atoms with E-state index in [1.807, 2.05) is 12.3 Å². The number of alkyl halides is 6. The molecule has 2 atom stereocenters. The summed E-state index contributed by atoms with van der Waals surface area (Å²) in [5.74, 6) is -4.68. The zero-order valence-corrected chi connectivity index (χ0v) is 19.9. The number of carboxylic acid groups (broad SMARTS) is 2. The average Bonchev–Trinajstić information content (AvgIpc) is 3.63. The highest BCUT2D eigenvalue weighted by Gasteiger charge is 2.46. The number of pyridine rings is 1. The number of rotatable bonds is 6. The minimum atomic E-state index is -5.08. The van der Waals surface area contributed by atoms with Crippen molar-refractivity contribution in [1.29, 1.82) is 0 Å². The molecule has 8 nitrogen and oxygen atoms in total. The number of aromatic nitrogens is 1. The molecular formula is C23H30F6N2O6. The Morgan fingerprint density at radius 2 is 1.70 bits per heavy atom. The fraction of sp³-hybridized carbons (Fsp3) is 0.696. The zero-order valence-electron chi connectivity index (χ0n) is 19.9. The van der Waals surface area contributed by atoms with E-state index >= 15 is 0 Å². The Hall–Kier alpha value is -2.45. The van der Waals surface area contributed by atoms with Gasteiger partial charge in [-0.3, -0.25) is 9.88 Å². The lowest BCUT2D eigenvalue weighted by molar-refractivity contribution is -0.193. The third kappa shape index (κ3) is 10.8. The SMILES string of the molecule is O=C(O)C(F)(F)F.O=C(O)C(F)(F)F.c1ccc(CN2CCC3OCCCC3(COCC3CC3)C2)nc1. The van der Waals surface area contributed by atoms with Crippen LogP contribution in [-0.2, 0) is 25.6 Å². The number of aliphatic carboxylic acids is 2. The first-order valence-electron chi connectivity index (χ1n) is 11.6. The van der Waals surface area contributed by atoms with Gasteiger partial charge in [-0.15, -0.1) is 0 Å².